The molecule has 0 fully saturated rings. The van der Waals surface area contributed by atoms with E-state index < -0.39 is 0 Å². The van der Waals surface area contributed by atoms with Gasteiger partial charge in [0.15, 0.2) is 5.69 Å². The number of H-pyrrole nitrogens is 1. The third-order valence-electron chi connectivity index (χ3n) is 2.28. The number of nitriles is 1. The first kappa shape index (κ1) is 10.9. The number of fused-ring (bicyclic) bond motifs is 1. The summed E-state index contributed by atoms with van der Waals surface area (Å²) >= 11 is 6.04. The van der Waals surface area contributed by atoms with Crippen LogP contribution in [0.25, 0.3) is 10.9 Å². The van der Waals surface area contributed by atoms with Crippen molar-refractivity contribution in [1.82, 2.24) is 9.97 Å². The van der Waals surface area contributed by atoms with E-state index in [2.05, 4.69) is 9.97 Å². The number of pyridine rings is 1. The smallest absolute Gasteiger partial charge is 0.160 e. The normalized spacial score (nSPS) is 10.6. The lowest BCUT2D eigenvalue weighted by atomic mass is 10.2. The number of aromatic nitrogens is 2. The minimum Gasteiger partial charge on any atom is -0.375 e. The van der Waals surface area contributed by atoms with E-state index in [0.29, 0.717) is 23.9 Å². The largest absolute Gasteiger partial charge is 0.375 e. The van der Waals surface area contributed by atoms with Crippen molar-refractivity contribution in [2.75, 3.05) is 6.61 Å². The van der Waals surface area contributed by atoms with Gasteiger partial charge in [0.2, 0.25) is 0 Å². The molecule has 0 unspecified atom stereocenters. The van der Waals surface area contributed by atoms with Crippen LogP contribution in [0.4, 0.5) is 0 Å². The molecule has 0 atom stereocenters. The van der Waals surface area contributed by atoms with Crippen molar-refractivity contribution in [3.8, 4) is 6.07 Å². The zero-order valence-corrected chi connectivity index (χ0v) is 9.51. The van der Waals surface area contributed by atoms with E-state index in [1.165, 1.54) is 0 Å². The fourth-order valence-corrected chi connectivity index (χ4v) is 1.78. The summed E-state index contributed by atoms with van der Waals surface area (Å²) in [6.45, 7) is 2.89. The Morgan fingerprint density at radius 3 is 3.12 bits per heavy atom. The van der Waals surface area contributed by atoms with Gasteiger partial charge >= 0.3 is 0 Å². The van der Waals surface area contributed by atoms with Crippen LogP contribution >= 0.6 is 11.6 Å². The van der Waals surface area contributed by atoms with Gasteiger partial charge in [-0.2, -0.15) is 5.26 Å². The van der Waals surface area contributed by atoms with Gasteiger partial charge in [0.25, 0.3) is 0 Å². The average molecular weight is 236 g/mol. The fraction of sp³-hybridized carbons (Fsp3) is 0.273. The minimum atomic E-state index is 0.239. The van der Waals surface area contributed by atoms with Gasteiger partial charge in [-0.15, -0.1) is 0 Å². The van der Waals surface area contributed by atoms with Crippen LogP contribution in [0.3, 0.4) is 0 Å². The first-order chi connectivity index (χ1) is 7.77. The zero-order chi connectivity index (χ0) is 11.5. The highest BCUT2D eigenvalue weighted by molar-refractivity contribution is 6.36. The van der Waals surface area contributed by atoms with E-state index >= 15 is 0 Å². The van der Waals surface area contributed by atoms with Crippen molar-refractivity contribution in [3.05, 3.63) is 28.7 Å². The van der Waals surface area contributed by atoms with Gasteiger partial charge < -0.3 is 9.72 Å². The number of aromatic amines is 1. The van der Waals surface area contributed by atoms with Gasteiger partial charge in [-0.05, 0) is 13.0 Å². The van der Waals surface area contributed by atoms with Crippen LogP contribution < -0.4 is 0 Å². The quantitative estimate of drug-likeness (QED) is 0.890. The molecular formula is C11H10ClN3O. The molecule has 2 aromatic heterocycles. The van der Waals surface area contributed by atoms with Gasteiger partial charge in [-0.1, -0.05) is 11.6 Å². The van der Waals surface area contributed by atoms with Gasteiger partial charge in [0.1, 0.15) is 6.07 Å². The first-order valence-electron chi connectivity index (χ1n) is 4.91. The number of nitrogens with one attached hydrogen (secondary N) is 1. The molecule has 2 aromatic rings. The SMILES string of the molecule is CCOCc1nc(C#N)c(Cl)c2cc[nH]c12. The summed E-state index contributed by atoms with van der Waals surface area (Å²) in [7, 11) is 0. The topological polar surface area (TPSA) is 61.7 Å². The van der Waals surface area contributed by atoms with Crippen LogP contribution in [0.1, 0.15) is 18.3 Å². The fourth-order valence-electron chi connectivity index (χ4n) is 1.54. The predicted molar refractivity (Wildman–Crippen MR) is 61.1 cm³/mol. The molecule has 0 aliphatic carbocycles. The lowest BCUT2D eigenvalue weighted by Crippen LogP contribution is -1.99. The van der Waals surface area contributed by atoms with E-state index in [0.717, 1.165) is 10.9 Å². The number of nitrogens with zero attached hydrogens (tertiary/aromatic N) is 2. The maximum atomic E-state index is 8.92. The molecule has 1 N–H and O–H groups in total. The molecule has 2 rings (SSSR count). The summed E-state index contributed by atoms with van der Waals surface area (Å²) in [6.07, 6.45) is 1.77. The average Bonchev–Trinajstić information content (AvgIpc) is 2.78. The van der Waals surface area contributed by atoms with Crippen molar-refractivity contribution in [3.63, 3.8) is 0 Å². The van der Waals surface area contributed by atoms with Crippen LogP contribution in [-0.4, -0.2) is 16.6 Å². The summed E-state index contributed by atoms with van der Waals surface area (Å²) in [4.78, 5) is 7.23. The Kier molecular flexibility index (Phi) is 3.09. The molecule has 0 bridgehead atoms. The molecule has 16 heavy (non-hydrogen) atoms. The van der Waals surface area contributed by atoms with Crippen LogP contribution in [-0.2, 0) is 11.3 Å². The Bertz CT molecular complexity index is 556. The number of ether oxygens (including phenoxy) is 1. The molecule has 82 valence electrons. The summed E-state index contributed by atoms with van der Waals surface area (Å²) in [5.41, 5.74) is 1.78. The molecule has 0 amide bonds. The van der Waals surface area contributed by atoms with Crippen LogP contribution in [0.15, 0.2) is 12.3 Å². The second-order valence-electron chi connectivity index (χ2n) is 3.24. The van der Waals surface area contributed by atoms with E-state index in [4.69, 9.17) is 21.6 Å². The van der Waals surface area contributed by atoms with Crippen LogP contribution in [0, 0.1) is 11.3 Å². The van der Waals surface area contributed by atoms with Gasteiger partial charge in [-0.25, -0.2) is 4.98 Å². The molecule has 5 heteroatoms. The van der Waals surface area contributed by atoms with E-state index in [9.17, 15) is 0 Å². The third-order valence-corrected chi connectivity index (χ3v) is 2.66. The van der Waals surface area contributed by atoms with E-state index in [1.54, 1.807) is 6.20 Å². The molecule has 0 radical (unpaired) electrons. The van der Waals surface area contributed by atoms with Crippen molar-refractivity contribution >= 4 is 22.5 Å². The Morgan fingerprint density at radius 1 is 1.62 bits per heavy atom. The summed E-state index contributed by atoms with van der Waals surface area (Å²) in [5.74, 6) is 0. The Labute approximate surface area is 97.8 Å². The zero-order valence-electron chi connectivity index (χ0n) is 8.75. The molecule has 0 spiro atoms. The highest BCUT2D eigenvalue weighted by Gasteiger charge is 2.12. The van der Waals surface area contributed by atoms with Crippen molar-refractivity contribution in [1.29, 1.82) is 5.26 Å². The Hall–Kier alpha value is -1.57. The summed E-state index contributed by atoms with van der Waals surface area (Å²) < 4.78 is 5.30. The Morgan fingerprint density at radius 2 is 2.44 bits per heavy atom. The lowest BCUT2D eigenvalue weighted by molar-refractivity contribution is 0.132. The minimum absolute atomic E-state index is 0.239. The highest BCUT2D eigenvalue weighted by atomic mass is 35.5. The van der Waals surface area contributed by atoms with Crippen LogP contribution in [0.2, 0.25) is 5.02 Å². The number of hydrogen-bond donors (Lipinski definition) is 1. The third kappa shape index (κ3) is 1.75. The number of hydrogen-bond acceptors (Lipinski definition) is 3. The van der Waals surface area contributed by atoms with Gasteiger partial charge in [0.05, 0.1) is 22.8 Å². The monoisotopic (exact) mass is 235 g/mol. The van der Waals surface area contributed by atoms with E-state index in [-0.39, 0.29) is 5.69 Å². The summed E-state index contributed by atoms with van der Waals surface area (Å²) in [5, 5.41) is 10.1. The van der Waals surface area contributed by atoms with Crippen LogP contribution in [0.5, 0.6) is 0 Å². The lowest BCUT2D eigenvalue weighted by Gasteiger charge is -2.05. The molecule has 0 saturated carbocycles. The molecule has 0 aromatic carbocycles. The van der Waals surface area contributed by atoms with Crippen molar-refractivity contribution in [2.24, 2.45) is 0 Å². The number of rotatable bonds is 3. The summed E-state index contributed by atoms with van der Waals surface area (Å²) in [6, 6.07) is 3.81. The van der Waals surface area contributed by atoms with Crippen molar-refractivity contribution < 1.29 is 4.74 Å². The van der Waals surface area contributed by atoms with E-state index in [1.807, 2.05) is 19.1 Å². The molecule has 0 aliphatic rings. The molecule has 4 nitrogen and oxygen atoms in total. The standard InChI is InChI=1S/C11H10ClN3O/c1-2-16-6-9-11-7(3-4-14-11)10(12)8(5-13)15-9/h3-4,14H,2,6H2,1H3. The highest BCUT2D eigenvalue weighted by Crippen LogP contribution is 2.27. The predicted octanol–water partition coefficient (Wildman–Crippen LogP) is 2.62. The van der Waals surface area contributed by atoms with Gasteiger partial charge in [-0.3, -0.25) is 0 Å². The second kappa shape index (κ2) is 4.52. The number of halogens is 1. The maximum Gasteiger partial charge on any atom is 0.160 e. The van der Waals surface area contributed by atoms with Crippen molar-refractivity contribution in [2.45, 2.75) is 13.5 Å². The molecule has 2 heterocycles. The molecular weight excluding hydrogens is 226 g/mol. The maximum absolute atomic E-state index is 8.92. The van der Waals surface area contributed by atoms with Gasteiger partial charge in [0, 0.05) is 18.2 Å². The second-order valence-corrected chi connectivity index (χ2v) is 3.61. The Balaban J connectivity index is 2.60. The first-order valence-corrected chi connectivity index (χ1v) is 5.29. The molecule has 0 aliphatic heterocycles. The molecule has 0 saturated heterocycles.